The molecular formula is C13H20N2O2S. The monoisotopic (exact) mass is 268 g/mol. The van der Waals surface area contributed by atoms with Gasteiger partial charge in [0.15, 0.2) is 0 Å². The third-order valence-electron chi connectivity index (χ3n) is 2.34. The molecule has 1 aromatic rings. The van der Waals surface area contributed by atoms with E-state index >= 15 is 0 Å². The fourth-order valence-corrected chi connectivity index (χ4v) is 2.50. The van der Waals surface area contributed by atoms with E-state index in [1.54, 1.807) is 31.0 Å². The molecule has 0 atom stereocenters. The standard InChI is InChI=1S/C13H20N2O2S/c1-3-15-13(16)11-6-5-10(14)9-12(11)18-8-4-7-17-2/h5-6,9H,3-4,7-8,14H2,1-2H3,(H,15,16). The van der Waals surface area contributed by atoms with Crippen LogP contribution in [-0.4, -0.2) is 31.9 Å². The summed E-state index contributed by atoms with van der Waals surface area (Å²) in [7, 11) is 1.69. The third kappa shape index (κ3) is 4.58. The first-order valence-corrected chi connectivity index (χ1v) is 6.97. The van der Waals surface area contributed by atoms with Crippen molar-refractivity contribution < 1.29 is 9.53 Å². The number of carbonyl (C=O) groups excluding carboxylic acids is 1. The van der Waals surface area contributed by atoms with Crippen LogP contribution in [0.4, 0.5) is 5.69 Å². The summed E-state index contributed by atoms with van der Waals surface area (Å²) >= 11 is 1.63. The number of thioether (sulfide) groups is 1. The van der Waals surface area contributed by atoms with Gasteiger partial charge in [-0.1, -0.05) is 0 Å². The topological polar surface area (TPSA) is 64.4 Å². The summed E-state index contributed by atoms with van der Waals surface area (Å²) in [6, 6.07) is 5.38. The van der Waals surface area contributed by atoms with E-state index in [1.807, 2.05) is 13.0 Å². The van der Waals surface area contributed by atoms with E-state index in [4.69, 9.17) is 10.5 Å². The van der Waals surface area contributed by atoms with Crippen LogP contribution in [0.5, 0.6) is 0 Å². The molecule has 0 spiro atoms. The average Bonchev–Trinajstić information content (AvgIpc) is 2.35. The van der Waals surface area contributed by atoms with Gasteiger partial charge in [0.05, 0.1) is 5.56 Å². The number of ether oxygens (including phenoxy) is 1. The second-order valence-electron chi connectivity index (χ2n) is 3.81. The number of carbonyl (C=O) groups is 1. The van der Waals surface area contributed by atoms with Crippen molar-refractivity contribution in [1.82, 2.24) is 5.32 Å². The fraction of sp³-hybridized carbons (Fsp3) is 0.462. The maximum atomic E-state index is 11.9. The Labute approximate surface area is 112 Å². The maximum Gasteiger partial charge on any atom is 0.252 e. The van der Waals surface area contributed by atoms with Gasteiger partial charge in [0.25, 0.3) is 5.91 Å². The van der Waals surface area contributed by atoms with E-state index in [-0.39, 0.29) is 5.91 Å². The number of anilines is 1. The minimum absolute atomic E-state index is 0.0493. The molecule has 0 aromatic heterocycles. The highest BCUT2D eigenvalue weighted by Crippen LogP contribution is 2.25. The molecule has 18 heavy (non-hydrogen) atoms. The summed E-state index contributed by atoms with van der Waals surface area (Å²) in [6.45, 7) is 3.25. The average molecular weight is 268 g/mol. The van der Waals surface area contributed by atoms with E-state index in [2.05, 4.69) is 5.32 Å². The van der Waals surface area contributed by atoms with Gasteiger partial charge in [-0.3, -0.25) is 4.79 Å². The molecule has 1 amide bonds. The van der Waals surface area contributed by atoms with Crippen molar-refractivity contribution in [1.29, 1.82) is 0 Å². The summed E-state index contributed by atoms with van der Waals surface area (Å²) in [4.78, 5) is 12.8. The molecule has 0 unspecified atom stereocenters. The Morgan fingerprint density at radius 3 is 2.94 bits per heavy atom. The molecule has 5 heteroatoms. The number of nitrogens with two attached hydrogens (primary N) is 1. The van der Waals surface area contributed by atoms with Gasteiger partial charge in [-0.05, 0) is 31.5 Å². The zero-order valence-electron chi connectivity index (χ0n) is 10.9. The molecule has 0 radical (unpaired) electrons. The molecule has 100 valence electrons. The Balaban J connectivity index is 2.73. The van der Waals surface area contributed by atoms with E-state index in [1.165, 1.54) is 0 Å². The Hall–Kier alpha value is -1.20. The molecule has 0 aliphatic rings. The lowest BCUT2D eigenvalue weighted by molar-refractivity contribution is 0.0953. The Morgan fingerprint density at radius 2 is 2.28 bits per heavy atom. The van der Waals surface area contributed by atoms with Crippen LogP contribution in [0.25, 0.3) is 0 Å². The Bertz CT molecular complexity index is 397. The summed E-state index contributed by atoms with van der Waals surface area (Å²) in [6.07, 6.45) is 0.949. The van der Waals surface area contributed by atoms with Gasteiger partial charge < -0.3 is 15.8 Å². The van der Waals surface area contributed by atoms with Crippen LogP contribution in [0.15, 0.2) is 23.1 Å². The number of nitrogens with one attached hydrogen (secondary N) is 1. The first-order valence-electron chi connectivity index (χ1n) is 5.98. The summed E-state index contributed by atoms with van der Waals surface area (Å²) in [5.41, 5.74) is 7.13. The predicted molar refractivity (Wildman–Crippen MR) is 76.1 cm³/mol. The van der Waals surface area contributed by atoms with Crippen molar-refractivity contribution in [2.45, 2.75) is 18.2 Å². The van der Waals surface area contributed by atoms with Crippen molar-refractivity contribution in [3.63, 3.8) is 0 Å². The Morgan fingerprint density at radius 1 is 1.50 bits per heavy atom. The third-order valence-corrected chi connectivity index (χ3v) is 3.48. The molecule has 0 fully saturated rings. The van der Waals surface area contributed by atoms with E-state index in [9.17, 15) is 4.79 Å². The van der Waals surface area contributed by atoms with Gasteiger partial charge in [-0.2, -0.15) is 0 Å². The van der Waals surface area contributed by atoms with Crippen LogP contribution in [0.3, 0.4) is 0 Å². The van der Waals surface area contributed by atoms with Gasteiger partial charge >= 0.3 is 0 Å². The zero-order chi connectivity index (χ0) is 13.4. The molecule has 1 aromatic carbocycles. The molecule has 0 saturated carbocycles. The molecule has 0 aliphatic carbocycles. The second kappa shape index (κ2) is 8.00. The van der Waals surface area contributed by atoms with Gasteiger partial charge in [-0.15, -0.1) is 11.8 Å². The largest absolute Gasteiger partial charge is 0.399 e. The second-order valence-corrected chi connectivity index (χ2v) is 4.95. The minimum atomic E-state index is -0.0493. The van der Waals surface area contributed by atoms with Crippen molar-refractivity contribution in [2.24, 2.45) is 0 Å². The zero-order valence-corrected chi connectivity index (χ0v) is 11.7. The molecule has 0 heterocycles. The van der Waals surface area contributed by atoms with Crippen molar-refractivity contribution in [2.75, 3.05) is 31.7 Å². The molecule has 1 rings (SSSR count). The molecule has 0 saturated heterocycles. The van der Waals surface area contributed by atoms with Gasteiger partial charge in [0.2, 0.25) is 0 Å². The van der Waals surface area contributed by atoms with Crippen molar-refractivity contribution in [3.05, 3.63) is 23.8 Å². The number of hydrogen-bond acceptors (Lipinski definition) is 4. The first-order chi connectivity index (χ1) is 8.69. The van der Waals surface area contributed by atoms with Crippen LogP contribution in [0.2, 0.25) is 0 Å². The first kappa shape index (κ1) is 14.9. The highest BCUT2D eigenvalue weighted by atomic mass is 32.2. The smallest absolute Gasteiger partial charge is 0.252 e. The van der Waals surface area contributed by atoms with Crippen LogP contribution < -0.4 is 11.1 Å². The highest BCUT2D eigenvalue weighted by Gasteiger charge is 2.11. The fourth-order valence-electron chi connectivity index (χ4n) is 1.49. The lowest BCUT2D eigenvalue weighted by Gasteiger charge is -2.10. The van der Waals surface area contributed by atoms with E-state index in [0.29, 0.717) is 17.8 Å². The number of hydrogen-bond donors (Lipinski definition) is 2. The van der Waals surface area contributed by atoms with Crippen LogP contribution >= 0.6 is 11.8 Å². The van der Waals surface area contributed by atoms with E-state index < -0.39 is 0 Å². The number of rotatable bonds is 7. The highest BCUT2D eigenvalue weighted by molar-refractivity contribution is 7.99. The lowest BCUT2D eigenvalue weighted by atomic mass is 10.2. The molecule has 0 aliphatic heterocycles. The molecule has 0 bridgehead atoms. The van der Waals surface area contributed by atoms with Gasteiger partial charge in [-0.25, -0.2) is 0 Å². The van der Waals surface area contributed by atoms with Gasteiger partial charge in [0, 0.05) is 36.6 Å². The maximum absolute atomic E-state index is 11.9. The number of methoxy groups -OCH3 is 1. The van der Waals surface area contributed by atoms with E-state index in [0.717, 1.165) is 23.7 Å². The SMILES string of the molecule is CCNC(=O)c1ccc(N)cc1SCCCOC. The predicted octanol–water partition coefficient (Wildman–Crippen LogP) is 2.15. The summed E-state index contributed by atoms with van der Waals surface area (Å²) < 4.78 is 5.00. The van der Waals surface area contributed by atoms with Crippen LogP contribution in [-0.2, 0) is 4.74 Å². The van der Waals surface area contributed by atoms with Crippen molar-refractivity contribution in [3.8, 4) is 0 Å². The molecule has 3 N–H and O–H groups in total. The quantitative estimate of drug-likeness (QED) is 0.452. The lowest BCUT2D eigenvalue weighted by Crippen LogP contribution is -2.23. The molecule has 4 nitrogen and oxygen atoms in total. The number of nitrogen functional groups attached to an aromatic ring is 1. The van der Waals surface area contributed by atoms with Crippen LogP contribution in [0.1, 0.15) is 23.7 Å². The number of benzene rings is 1. The normalized spacial score (nSPS) is 10.3. The minimum Gasteiger partial charge on any atom is -0.399 e. The number of amides is 1. The van der Waals surface area contributed by atoms with Crippen LogP contribution in [0, 0.1) is 0 Å². The summed E-state index contributed by atoms with van der Waals surface area (Å²) in [5, 5.41) is 2.81. The molecular weight excluding hydrogens is 248 g/mol. The summed E-state index contributed by atoms with van der Waals surface area (Å²) in [5.74, 6) is 0.857. The van der Waals surface area contributed by atoms with Gasteiger partial charge in [0.1, 0.15) is 0 Å². The Kier molecular flexibility index (Phi) is 6.60. The van der Waals surface area contributed by atoms with Crippen molar-refractivity contribution >= 4 is 23.4 Å².